The molecule has 0 spiro atoms. The molecule has 0 heterocycles. The van der Waals surface area contributed by atoms with E-state index in [2.05, 4.69) is 11.9 Å². The highest BCUT2D eigenvalue weighted by Gasteiger charge is 2.33. The Balaban J connectivity index is 2.13. The van der Waals surface area contributed by atoms with Crippen LogP contribution in [0.5, 0.6) is 0 Å². The van der Waals surface area contributed by atoms with Crippen LogP contribution in [0.25, 0.3) is 11.1 Å². The number of benzene rings is 2. The standard InChI is InChI=1S/C19H20N2O3S/c1-2-18(21-13-11-12-13)25(23,24)17-10-6-5-8-15(17)14-7-3-4-9-16(14)19(20)22/h2-10,13,18,21H,1,11-12H2,(H2,20,22). The van der Waals surface area contributed by atoms with Crippen molar-refractivity contribution in [2.24, 2.45) is 5.73 Å². The number of carbonyl (C=O) groups excluding carboxylic acids is 1. The van der Waals surface area contributed by atoms with E-state index in [-0.39, 0.29) is 16.5 Å². The molecular formula is C19H20N2O3S. The Bertz CT molecular complexity index is 918. The normalized spacial score (nSPS) is 15.5. The van der Waals surface area contributed by atoms with Crippen LogP contribution in [-0.4, -0.2) is 25.7 Å². The summed E-state index contributed by atoms with van der Waals surface area (Å²) in [6.07, 6.45) is 3.34. The largest absolute Gasteiger partial charge is 0.366 e. The van der Waals surface area contributed by atoms with Gasteiger partial charge in [0.1, 0.15) is 5.37 Å². The molecule has 0 radical (unpaired) electrons. The van der Waals surface area contributed by atoms with E-state index in [1.807, 2.05) is 0 Å². The lowest BCUT2D eigenvalue weighted by molar-refractivity contribution is 0.100. The minimum atomic E-state index is -3.71. The van der Waals surface area contributed by atoms with Crippen LogP contribution >= 0.6 is 0 Å². The first-order valence-corrected chi connectivity index (χ1v) is 9.60. The number of hydrogen-bond donors (Lipinski definition) is 2. The predicted octanol–water partition coefficient (Wildman–Crippen LogP) is 2.49. The van der Waals surface area contributed by atoms with E-state index in [0.717, 1.165) is 12.8 Å². The molecule has 3 rings (SSSR count). The Kier molecular flexibility index (Phi) is 4.74. The second-order valence-electron chi connectivity index (χ2n) is 6.05. The van der Waals surface area contributed by atoms with Crippen LogP contribution in [0.2, 0.25) is 0 Å². The molecule has 1 fully saturated rings. The summed E-state index contributed by atoms with van der Waals surface area (Å²) in [4.78, 5) is 11.9. The van der Waals surface area contributed by atoms with Crippen molar-refractivity contribution in [1.29, 1.82) is 0 Å². The second kappa shape index (κ2) is 6.82. The minimum Gasteiger partial charge on any atom is -0.366 e. The molecule has 1 aliphatic rings. The highest BCUT2D eigenvalue weighted by molar-refractivity contribution is 7.92. The van der Waals surface area contributed by atoms with Gasteiger partial charge in [-0.2, -0.15) is 0 Å². The van der Waals surface area contributed by atoms with Crippen molar-refractivity contribution in [3.8, 4) is 11.1 Å². The molecule has 1 saturated carbocycles. The molecule has 0 aliphatic heterocycles. The molecule has 1 atom stereocenters. The van der Waals surface area contributed by atoms with Crippen LogP contribution in [0.15, 0.2) is 66.1 Å². The number of hydrogen-bond acceptors (Lipinski definition) is 4. The second-order valence-corrected chi connectivity index (χ2v) is 8.09. The SMILES string of the molecule is C=CC(NC1CC1)S(=O)(=O)c1ccccc1-c1ccccc1C(N)=O. The molecule has 0 bridgehead atoms. The summed E-state index contributed by atoms with van der Waals surface area (Å²) < 4.78 is 26.3. The topological polar surface area (TPSA) is 89.3 Å². The quantitative estimate of drug-likeness (QED) is 0.746. The van der Waals surface area contributed by atoms with Crippen molar-refractivity contribution in [3.63, 3.8) is 0 Å². The molecule has 1 aliphatic carbocycles. The van der Waals surface area contributed by atoms with Gasteiger partial charge in [-0.25, -0.2) is 8.42 Å². The van der Waals surface area contributed by atoms with E-state index < -0.39 is 21.1 Å². The molecular weight excluding hydrogens is 336 g/mol. The third-order valence-electron chi connectivity index (χ3n) is 4.20. The number of rotatable bonds is 7. The molecule has 3 N–H and O–H groups in total. The summed E-state index contributed by atoms with van der Waals surface area (Å²) in [6.45, 7) is 3.67. The van der Waals surface area contributed by atoms with E-state index in [1.165, 1.54) is 6.08 Å². The van der Waals surface area contributed by atoms with Crippen LogP contribution in [0.4, 0.5) is 0 Å². The minimum absolute atomic E-state index is 0.154. The number of amides is 1. The summed E-state index contributed by atoms with van der Waals surface area (Å²) in [6, 6.07) is 13.6. The van der Waals surface area contributed by atoms with Crippen LogP contribution in [-0.2, 0) is 9.84 Å². The fourth-order valence-electron chi connectivity index (χ4n) is 2.77. The van der Waals surface area contributed by atoms with Crippen molar-refractivity contribution >= 4 is 15.7 Å². The lowest BCUT2D eigenvalue weighted by Gasteiger charge is -2.18. The highest BCUT2D eigenvalue weighted by Crippen LogP contribution is 2.32. The summed E-state index contributed by atoms with van der Waals surface area (Å²) in [5, 5.41) is 2.22. The number of nitrogens with two attached hydrogens (primary N) is 1. The maximum atomic E-state index is 13.2. The molecule has 25 heavy (non-hydrogen) atoms. The maximum absolute atomic E-state index is 13.2. The number of primary amides is 1. The molecule has 1 amide bonds. The van der Waals surface area contributed by atoms with Crippen molar-refractivity contribution in [3.05, 3.63) is 66.7 Å². The molecule has 0 aromatic heterocycles. The van der Waals surface area contributed by atoms with Crippen molar-refractivity contribution in [1.82, 2.24) is 5.32 Å². The van der Waals surface area contributed by atoms with Crippen molar-refractivity contribution in [2.45, 2.75) is 29.2 Å². The zero-order valence-electron chi connectivity index (χ0n) is 13.7. The molecule has 130 valence electrons. The van der Waals surface area contributed by atoms with Gasteiger partial charge in [-0.1, -0.05) is 42.5 Å². The van der Waals surface area contributed by atoms with Gasteiger partial charge < -0.3 is 5.73 Å². The van der Waals surface area contributed by atoms with E-state index in [0.29, 0.717) is 11.1 Å². The first kappa shape index (κ1) is 17.4. The van der Waals surface area contributed by atoms with Gasteiger partial charge in [0.05, 0.1) is 4.90 Å². The van der Waals surface area contributed by atoms with Crippen molar-refractivity contribution < 1.29 is 13.2 Å². The van der Waals surface area contributed by atoms with E-state index in [9.17, 15) is 13.2 Å². The van der Waals surface area contributed by atoms with E-state index in [4.69, 9.17) is 5.73 Å². The first-order valence-electron chi connectivity index (χ1n) is 8.06. The Morgan fingerprint density at radius 2 is 1.72 bits per heavy atom. The molecule has 1 unspecified atom stereocenters. The zero-order valence-corrected chi connectivity index (χ0v) is 14.5. The number of nitrogens with one attached hydrogen (secondary N) is 1. The van der Waals surface area contributed by atoms with Crippen LogP contribution in [0.3, 0.4) is 0 Å². The number of sulfone groups is 1. The fraction of sp³-hybridized carbons (Fsp3) is 0.211. The average molecular weight is 356 g/mol. The number of carbonyl (C=O) groups is 1. The Labute approximate surface area is 147 Å². The maximum Gasteiger partial charge on any atom is 0.249 e. The third-order valence-corrected chi connectivity index (χ3v) is 6.17. The Hall–Kier alpha value is -2.44. The predicted molar refractivity (Wildman–Crippen MR) is 97.7 cm³/mol. The molecule has 2 aromatic rings. The highest BCUT2D eigenvalue weighted by atomic mass is 32.2. The summed E-state index contributed by atoms with van der Waals surface area (Å²) in [5.74, 6) is -0.598. The molecule has 6 heteroatoms. The molecule has 2 aromatic carbocycles. The zero-order chi connectivity index (χ0) is 18.0. The van der Waals surface area contributed by atoms with E-state index in [1.54, 1.807) is 48.5 Å². The smallest absolute Gasteiger partial charge is 0.249 e. The summed E-state index contributed by atoms with van der Waals surface area (Å²) >= 11 is 0. The monoisotopic (exact) mass is 356 g/mol. The lowest BCUT2D eigenvalue weighted by atomic mass is 9.99. The van der Waals surface area contributed by atoms with Gasteiger partial charge in [0.2, 0.25) is 5.91 Å². The van der Waals surface area contributed by atoms with Crippen LogP contribution < -0.4 is 11.1 Å². The van der Waals surface area contributed by atoms with Gasteiger partial charge in [-0.05, 0) is 30.5 Å². The van der Waals surface area contributed by atoms with Crippen molar-refractivity contribution in [2.75, 3.05) is 0 Å². The van der Waals surface area contributed by atoms with Gasteiger partial charge in [0.15, 0.2) is 9.84 Å². The Morgan fingerprint density at radius 3 is 2.32 bits per heavy atom. The third kappa shape index (κ3) is 3.50. The van der Waals surface area contributed by atoms with Gasteiger partial charge in [-0.3, -0.25) is 10.1 Å². The average Bonchev–Trinajstić information content (AvgIpc) is 3.43. The Morgan fingerprint density at radius 1 is 1.12 bits per heavy atom. The summed E-state index contributed by atoms with van der Waals surface area (Å²) in [7, 11) is -3.71. The van der Waals surface area contributed by atoms with Gasteiger partial charge >= 0.3 is 0 Å². The van der Waals surface area contributed by atoms with E-state index >= 15 is 0 Å². The lowest BCUT2D eigenvalue weighted by Crippen LogP contribution is -2.36. The van der Waals surface area contributed by atoms with Gasteiger partial charge in [0, 0.05) is 17.2 Å². The summed E-state index contributed by atoms with van der Waals surface area (Å²) in [5.41, 5.74) is 6.70. The molecule has 0 saturated heterocycles. The van der Waals surface area contributed by atoms with Gasteiger partial charge in [0.25, 0.3) is 0 Å². The van der Waals surface area contributed by atoms with Crippen LogP contribution in [0, 0.1) is 0 Å². The first-order chi connectivity index (χ1) is 11.9. The molecule has 5 nitrogen and oxygen atoms in total. The van der Waals surface area contributed by atoms with Crippen LogP contribution in [0.1, 0.15) is 23.2 Å². The van der Waals surface area contributed by atoms with Gasteiger partial charge in [-0.15, -0.1) is 6.58 Å². The fourth-order valence-corrected chi connectivity index (χ4v) is 4.42.